The maximum atomic E-state index is 12.4. The van der Waals surface area contributed by atoms with Crippen LogP contribution in [0.3, 0.4) is 0 Å². The molecule has 0 unspecified atom stereocenters. The van der Waals surface area contributed by atoms with Gasteiger partial charge in [-0.2, -0.15) is 13.2 Å². The summed E-state index contributed by atoms with van der Waals surface area (Å²) in [6.45, 7) is 7.83. The molecule has 1 rings (SSSR count). The SMILES string of the molecule is C.C.C.CC(C)NCCC(F)(F)F.CC(C)c1ccc(F)cc1.[Y]. The van der Waals surface area contributed by atoms with Crippen LogP contribution in [0.15, 0.2) is 24.3 Å². The standard InChI is InChI=1S/C9H11F.C6H12F3N.3CH4.Y/c1-7(2)8-3-5-9(10)6-4-8;1-5(2)10-4-3-6(7,8)9;;;;/h3-7H,1-2H3;5,10H,3-4H2,1-2H3;3*1H4;. The number of rotatable bonds is 4. The Morgan fingerprint density at radius 2 is 1.33 bits per heavy atom. The van der Waals surface area contributed by atoms with Gasteiger partial charge in [-0.3, -0.25) is 0 Å². The van der Waals surface area contributed by atoms with E-state index in [0.717, 1.165) is 0 Å². The predicted molar refractivity (Wildman–Crippen MR) is 94.5 cm³/mol. The summed E-state index contributed by atoms with van der Waals surface area (Å²) >= 11 is 0. The molecule has 0 atom stereocenters. The third-order valence-electron chi connectivity index (χ3n) is 2.50. The molecule has 0 heterocycles. The average Bonchev–Trinajstić information content (AvgIpc) is 2.28. The Morgan fingerprint density at radius 3 is 1.62 bits per heavy atom. The van der Waals surface area contributed by atoms with Crippen molar-refractivity contribution >= 4 is 0 Å². The van der Waals surface area contributed by atoms with Crippen molar-refractivity contribution in [1.29, 1.82) is 0 Å². The van der Waals surface area contributed by atoms with E-state index in [9.17, 15) is 17.6 Å². The summed E-state index contributed by atoms with van der Waals surface area (Å²) in [5.74, 6) is 0.324. The van der Waals surface area contributed by atoms with Crippen molar-refractivity contribution in [2.75, 3.05) is 6.54 Å². The maximum Gasteiger partial charge on any atom is 0.390 e. The van der Waals surface area contributed by atoms with Crippen LogP contribution in [0.25, 0.3) is 0 Å². The van der Waals surface area contributed by atoms with E-state index in [4.69, 9.17) is 0 Å². The molecule has 0 spiro atoms. The molecule has 1 aromatic rings. The van der Waals surface area contributed by atoms with E-state index in [1.54, 1.807) is 0 Å². The minimum absolute atomic E-state index is 0. The third kappa shape index (κ3) is 22.0. The zero-order valence-electron chi connectivity index (χ0n) is 13.0. The molecular formula is C18H35F4NY. The Hall–Kier alpha value is 0.00390. The van der Waals surface area contributed by atoms with Gasteiger partial charge in [-0.1, -0.05) is 62.1 Å². The minimum Gasteiger partial charge on any atom is -0.314 e. The second-order valence-corrected chi connectivity index (χ2v) is 5.18. The van der Waals surface area contributed by atoms with Gasteiger partial charge in [-0.15, -0.1) is 0 Å². The second kappa shape index (κ2) is 17.8. The van der Waals surface area contributed by atoms with Crippen LogP contribution in [0, 0.1) is 5.82 Å². The smallest absolute Gasteiger partial charge is 0.314 e. The van der Waals surface area contributed by atoms with Crippen LogP contribution in [-0.2, 0) is 32.7 Å². The van der Waals surface area contributed by atoms with Gasteiger partial charge in [0.05, 0.1) is 6.42 Å². The zero-order chi connectivity index (χ0) is 15.8. The van der Waals surface area contributed by atoms with E-state index in [1.807, 2.05) is 26.0 Å². The van der Waals surface area contributed by atoms with Crippen molar-refractivity contribution in [3.8, 4) is 0 Å². The normalized spacial score (nSPS) is 9.58. The Kier molecular flexibility index (Phi) is 26.1. The van der Waals surface area contributed by atoms with Gasteiger partial charge in [0.25, 0.3) is 0 Å². The van der Waals surface area contributed by atoms with Gasteiger partial charge < -0.3 is 5.32 Å². The molecule has 0 aliphatic rings. The molecule has 1 radical (unpaired) electrons. The third-order valence-corrected chi connectivity index (χ3v) is 2.50. The molecule has 0 fully saturated rings. The van der Waals surface area contributed by atoms with E-state index in [2.05, 4.69) is 19.2 Å². The first-order valence-corrected chi connectivity index (χ1v) is 6.67. The zero-order valence-corrected chi connectivity index (χ0v) is 15.8. The van der Waals surface area contributed by atoms with Crippen molar-refractivity contribution in [2.45, 2.75) is 74.5 Å². The first-order valence-electron chi connectivity index (χ1n) is 6.67. The van der Waals surface area contributed by atoms with Gasteiger partial charge in [-0.05, 0) is 23.6 Å². The average molecular weight is 430 g/mol. The van der Waals surface area contributed by atoms with Crippen LogP contribution in [0.4, 0.5) is 17.6 Å². The monoisotopic (exact) mass is 430 g/mol. The van der Waals surface area contributed by atoms with Gasteiger partial charge in [0, 0.05) is 45.3 Å². The topological polar surface area (TPSA) is 12.0 Å². The van der Waals surface area contributed by atoms with Crippen LogP contribution < -0.4 is 5.32 Å². The van der Waals surface area contributed by atoms with Crippen molar-refractivity contribution in [2.24, 2.45) is 0 Å². The Labute approximate surface area is 171 Å². The molecule has 0 aliphatic carbocycles. The minimum atomic E-state index is -4.03. The molecule has 0 saturated carbocycles. The van der Waals surface area contributed by atoms with E-state index in [0.29, 0.717) is 5.92 Å². The van der Waals surface area contributed by atoms with Crippen molar-refractivity contribution in [3.63, 3.8) is 0 Å². The van der Waals surface area contributed by atoms with Crippen molar-refractivity contribution in [3.05, 3.63) is 35.6 Å². The van der Waals surface area contributed by atoms with E-state index < -0.39 is 12.6 Å². The molecule has 0 amide bonds. The largest absolute Gasteiger partial charge is 0.390 e. The number of hydrogen-bond acceptors (Lipinski definition) is 1. The predicted octanol–water partition coefficient (Wildman–Crippen LogP) is 6.79. The summed E-state index contributed by atoms with van der Waals surface area (Å²) in [4.78, 5) is 0. The van der Waals surface area contributed by atoms with Gasteiger partial charge >= 0.3 is 6.18 Å². The Bertz CT molecular complexity index is 362. The van der Waals surface area contributed by atoms with Crippen LogP contribution in [0.2, 0.25) is 0 Å². The number of benzene rings is 1. The summed E-state index contributed by atoms with van der Waals surface area (Å²) in [5.41, 5.74) is 1.18. The molecule has 0 saturated heterocycles. The molecule has 0 bridgehead atoms. The first kappa shape index (κ1) is 35.2. The summed E-state index contributed by atoms with van der Waals surface area (Å²) in [7, 11) is 0. The number of nitrogens with one attached hydrogen (secondary N) is 1. The molecule has 24 heavy (non-hydrogen) atoms. The van der Waals surface area contributed by atoms with Gasteiger partial charge in [-0.25, -0.2) is 4.39 Å². The second-order valence-electron chi connectivity index (χ2n) is 5.18. The van der Waals surface area contributed by atoms with E-state index in [-0.39, 0.29) is 73.4 Å². The number of halogens is 4. The summed E-state index contributed by atoms with van der Waals surface area (Å²) in [6, 6.07) is 6.76. The molecular weight excluding hydrogens is 395 g/mol. The fourth-order valence-electron chi connectivity index (χ4n) is 1.35. The number of hydrogen-bond donors (Lipinski definition) is 1. The fourth-order valence-corrected chi connectivity index (χ4v) is 1.35. The molecule has 0 aliphatic heterocycles. The molecule has 143 valence electrons. The molecule has 1 nitrogen and oxygen atoms in total. The number of alkyl halides is 3. The summed E-state index contributed by atoms with van der Waals surface area (Å²) < 4.78 is 46.7. The van der Waals surface area contributed by atoms with Crippen LogP contribution in [0.5, 0.6) is 0 Å². The van der Waals surface area contributed by atoms with Gasteiger partial charge in [0.1, 0.15) is 5.82 Å². The van der Waals surface area contributed by atoms with E-state index >= 15 is 0 Å². The quantitative estimate of drug-likeness (QED) is 0.519. The van der Waals surface area contributed by atoms with Gasteiger partial charge in [0.2, 0.25) is 0 Å². The molecule has 0 aromatic heterocycles. The Balaban J connectivity index is -0.0000000860. The fraction of sp³-hybridized carbons (Fsp3) is 0.667. The van der Waals surface area contributed by atoms with E-state index in [1.165, 1.54) is 17.7 Å². The summed E-state index contributed by atoms with van der Waals surface area (Å²) in [5, 5.41) is 2.68. The van der Waals surface area contributed by atoms with Crippen LogP contribution >= 0.6 is 0 Å². The molecule has 6 heteroatoms. The van der Waals surface area contributed by atoms with Crippen molar-refractivity contribution in [1.82, 2.24) is 5.32 Å². The van der Waals surface area contributed by atoms with Crippen LogP contribution in [0.1, 0.15) is 67.9 Å². The molecule has 1 aromatic carbocycles. The summed E-state index contributed by atoms with van der Waals surface area (Å²) in [6.07, 6.45) is -4.77. The van der Waals surface area contributed by atoms with Crippen molar-refractivity contribution < 1.29 is 50.3 Å². The maximum absolute atomic E-state index is 12.4. The molecule has 1 N–H and O–H groups in total. The first-order chi connectivity index (χ1) is 9.11. The van der Waals surface area contributed by atoms with Gasteiger partial charge in [0.15, 0.2) is 0 Å². The Morgan fingerprint density at radius 1 is 0.917 bits per heavy atom. The van der Waals surface area contributed by atoms with Crippen LogP contribution in [-0.4, -0.2) is 18.8 Å².